The summed E-state index contributed by atoms with van der Waals surface area (Å²) < 4.78 is 43.4. The van der Waals surface area contributed by atoms with Gasteiger partial charge in [-0.15, -0.1) is 0 Å². The summed E-state index contributed by atoms with van der Waals surface area (Å²) >= 11 is 0. The lowest BCUT2D eigenvalue weighted by atomic mass is 10.1. The molecule has 0 atom stereocenters. The van der Waals surface area contributed by atoms with Crippen LogP contribution >= 0.6 is 0 Å². The Morgan fingerprint density at radius 2 is 1.72 bits per heavy atom. The minimum absolute atomic E-state index is 0.0270. The molecule has 32 heavy (non-hydrogen) atoms. The summed E-state index contributed by atoms with van der Waals surface area (Å²) in [6, 6.07) is 12.2. The third kappa shape index (κ3) is 7.00. The lowest BCUT2D eigenvalue weighted by Gasteiger charge is -2.12. The van der Waals surface area contributed by atoms with Gasteiger partial charge >= 0.3 is 6.18 Å². The number of nitrogens with zero attached hydrogens (tertiary/aromatic N) is 1. The third-order valence-corrected chi connectivity index (χ3v) is 5.30. The molecule has 3 rings (SSSR count). The minimum Gasteiger partial charge on any atom is -0.484 e. The summed E-state index contributed by atoms with van der Waals surface area (Å²) in [5.41, 5.74) is 1.43. The quantitative estimate of drug-likeness (QED) is 0.409. The number of alkyl halides is 3. The van der Waals surface area contributed by atoms with Crippen LogP contribution in [0.15, 0.2) is 53.7 Å². The van der Waals surface area contributed by atoms with Gasteiger partial charge in [-0.25, -0.2) is 0 Å². The molecule has 8 heteroatoms. The van der Waals surface area contributed by atoms with Gasteiger partial charge in [-0.3, -0.25) is 4.79 Å². The largest absolute Gasteiger partial charge is 0.484 e. The van der Waals surface area contributed by atoms with Crippen LogP contribution in [0.25, 0.3) is 0 Å². The van der Waals surface area contributed by atoms with Gasteiger partial charge in [-0.2, -0.15) is 13.2 Å². The Morgan fingerprint density at radius 3 is 2.31 bits per heavy atom. The van der Waals surface area contributed by atoms with Crippen LogP contribution in [-0.2, 0) is 22.4 Å². The molecular weight excluding hydrogens is 421 g/mol. The molecule has 172 valence electrons. The van der Waals surface area contributed by atoms with Crippen molar-refractivity contribution in [1.29, 1.82) is 0 Å². The van der Waals surface area contributed by atoms with Crippen LogP contribution in [-0.4, -0.2) is 24.3 Å². The van der Waals surface area contributed by atoms with Crippen molar-refractivity contribution in [2.24, 2.45) is 5.16 Å². The van der Waals surface area contributed by atoms with Gasteiger partial charge in [-0.1, -0.05) is 37.1 Å². The molecule has 1 aliphatic carbocycles. The number of oxime groups is 1. The molecular formula is C24H27F3N2O3. The molecule has 1 aliphatic rings. The average molecular weight is 448 g/mol. The van der Waals surface area contributed by atoms with Gasteiger partial charge in [0.2, 0.25) is 0 Å². The van der Waals surface area contributed by atoms with E-state index < -0.39 is 11.7 Å². The van der Waals surface area contributed by atoms with Crippen LogP contribution in [0.5, 0.6) is 5.75 Å². The Bertz CT molecular complexity index is 904. The Kier molecular flexibility index (Phi) is 8.14. The van der Waals surface area contributed by atoms with Crippen molar-refractivity contribution in [3.63, 3.8) is 0 Å². The normalized spacial score (nSPS) is 14.9. The molecule has 5 nitrogen and oxygen atoms in total. The van der Waals surface area contributed by atoms with Gasteiger partial charge < -0.3 is 14.9 Å². The van der Waals surface area contributed by atoms with E-state index in [1.807, 2.05) is 19.1 Å². The highest BCUT2D eigenvalue weighted by molar-refractivity contribution is 6.00. The van der Waals surface area contributed by atoms with E-state index in [1.165, 1.54) is 12.1 Å². The molecule has 0 saturated heterocycles. The summed E-state index contributed by atoms with van der Waals surface area (Å²) in [4.78, 5) is 17.3. The molecule has 0 aliphatic heterocycles. The van der Waals surface area contributed by atoms with Crippen molar-refractivity contribution >= 4 is 11.6 Å². The monoisotopic (exact) mass is 448 g/mol. The van der Waals surface area contributed by atoms with E-state index in [1.54, 1.807) is 12.1 Å². The third-order valence-electron chi connectivity index (χ3n) is 5.30. The number of halogens is 3. The maximum absolute atomic E-state index is 12.6. The Morgan fingerprint density at radius 1 is 1.06 bits per heavy atom. The number of ether oxygens (including phenoxy) is 1. The van der Waals surface area contributed by atoms with Crippen LogP contribution in [0.4, 0.5) is 13.2 Å². The zero-order chi connectivity index (χ0) is 23.0. The van der Waals surface area contributed by atoms with E-state index in [4.69, 9.17) is 9.57 Å². The fraction of sp³-hybridized carbons (Fsp3) is 0.417. The molecule has 0 spiro atoms. The number of benzene rings is 2. The summed E-state index contributed by atoms with van der Waals surface area (Å²) in [5, 5.41) is 7.11. The smallest absolute Gasteiger partial charge is 0.416 e. The van der Waals surface area contributed by atoms with Crippen molar-refractivity contribution in [3.8, 4) is 5.75 Å². The molecule has 0 unspecified atom stereocenters. The second kappa shape index (κ2) is 11.0. The van der Waals surface area contributed by atoms with Gasteiger partial charge in [0.1, 0.15) is 12.4 Å². The molecule has 1 saturated carbocycles. The molecule has 1 N–H and O–H groups in total. The summed E-state index contributed by atoms with van der Waals surface area (Å²) in [6.07, 6.45) is 0.617. The number of carbonyl (C=O) groups is 1. The lowest BCUT2D eigenvalue weighted by Crippen LogP contribution is -2.36. The molecule has 0 heterocycles. The van der Waals surface area contributed by atoms with Crippen LogP contribution in [0.3, 0.4) is 0 Å². The van der Waals surface area contributed by atoms with Gasteiger partial charge in [0.15, 0.2) is 6.61 Å². The van der Waals surface area contributed by atoms with E-state index in [0.29, 0.717) is 23.4 Å². The van der Waals surface area contributed by atoms with E-state index in [0.717, 1.165) is 43.4 Å². The fourth-order valence-corrected chi connectivity index (χ4v) is 3.53. The topological polar surface area (TPSA) is 59.9 Å². The van der Waals surface area contributed by atoms with E-state index in [9.17, 15) is 18.0 Å². The van der Waals surface area contributed by atoms with Gasteiger partial charge in [0.05, 0.1) is 11.3 Å². The van der Waals surface area contributed by atoms with Crippen molar-refractivity contribution < 1.29 is 27.5 Å². The SMILES string of the molecule is CC/C(=N/OCc1ccc(C(F)(F)F)cc1)c1ccc(OCC(=O)NC2CCCC2)cc1. The number of carbonyl (C=O) groups excluding carboxylic acids is 1. The van der Waals surface area contributed by atoms with Crippen LogP contribution in [0, 0.1) is 0 Å². The molecule has 0 radical (unpaired) electrons. The highest BCUT2D eigenvalue weighted by Gasteiger charge is 2.29. The summed E-state index contributed by atoms with van der Waals surface area (Å²) in [6.45, 7) is 1.97. The zero-order valence-corrected chi connectivity index (χ0v) is 18.0. The molecule has 2 aromatic carbocycles. The molecule has 1 fully saturated rings. The maximum Gasteiger partial charge on any atom is 0.416 e. The Labute approximate surface area is 185 Å². The highest BCUT2D eigenvalue weighted by Crippen LogP contribution is 2.29. The van der Waals surface area contributed by atoms with Crippen LogP contribution < -0.4 is 10.1 Å². The number of hydrogen-bond donors (Lipinski definition) is 1. The molecule has 0 aromatic heterocycles. The van der Waals surface area contributed by atoms with E-state index in [2.05, 4.69) is 10.5 Å². The second-order valence-electron chi connectivity index (χ2n) is 7.72. The van der Waals surface area contributed by atoms with Crippen molar-refractivity contribution in [2.75, 3.05) is 6.61 Å². The maximum atomic E-state index is 12.6. The molecule has 2 aromatic rings. The van der Waals surface area contributed by atoms with Gasteiger partial charge in [0, 0.05) is 6.04 Å². The standard InChI is InChI=1S/C24H27F3N2O3/c1-2-22(29-32-15-17-7-11-19(12-8-17)24(25,26)27)18-9-13-21(14-10-18)31-16-23(30)28-20-5-3-4-6-20/h7-14,20H,2-6,15-16H2,1H3,(H,28,30)/b29-22-. The number of rotatable bonds is 9. The lowest BCUT2D eigenvalue weighted by molar-refractivity contribution is -0.137. The first kappa shape index (κ1) is 23.6. The summed E-state index contributed by atoms with van der Waals surface area (Å²) in [7, 11) is 0. The first-order valence-corrected chi connectivity index (χ1v) is 10.7. The van der Waals surface area contributed by atoms with Gasteiger partial charge in [-0.05, 0) is 66.8 Å². The Hall–Kier alpha value is -3.03. The molecule has 1 amide bonds. The van der Waals surface area contributed by atoms with E-state index >= 15 is 0 Å². The summed E-state index contributed by atoms with van der Waals surface area (Å²) in [5.74, 6) is 0.463. The number of hydrogen-bond acceptors (Lipinski definition) is 4. The predicted octanol–water partition coefficient (Wildman–Crippen LogP) is 5.47. The number of nitrogens with one attached hydrogen (secondary N) is 1. The van der Waals surface area contributed by atoms with Crippen LogP contribution in [0.2, 0.25) is 0 Å². The van der Waals surface area contributed by atoms with Crippen molar-refractivity contribution in [3.05, 3.63) is 65.2 Å². The highest BCUT2D eigenvalue weighted by atomic mass is 19.4. The van der Waals surface area contributed by atoms with Crippen LogP contribution in [0.1, 0.15) is 55.7 Å². The minimum atomic E-state index is -4.36. The van der Waals surface area contributed by atoms with Crippen molar-refractivity contribution in [1.82, 2.24) is 5.32 Å². The van der Waals surface area contributed by atoms with Crippen molar-refractivity contribution in [2.45, 2.75) is 57.9 Å². The zero-order valence-electron chi connectivity index (χ0n) is 18.0. The first-order valence-electron chi connectivity index (χ1n) is 10.7. The number of amides is 1. The molecule has 0 bridgehead atoms. The predicted molar refractivity (Wildman–Crippen MR) is 115 cm³/mol. The second-order valence-corrected chi connectivity index (χ2v) is 7.72. The Balaban J connectivity index is 1.49. The fourth-order valence-electron chi connectivity index (χ4n) is 3.53. The average Bonchev–Trinajstić information content (AvgIpc) is 3.28. The first-order chi connectivity index (χ1) is 15.3. The van der Waals surface area contributed by atoms with Gasteiger partial charge in [0.25, 0.3) is 5.91 Å². The van der Waals surface area contributed by atoms with E-state index in [-0.39, 0.29) is 25.2 Å².